The first-order valence-corrected chi connectivity index (χ1v) is 13.0. The summed E-state index contributed by atoms with van der Waals surface area (Å²) in [5, 5.41) is 0.925. The van der Waals surface area contributed by atoms with Crippen molar-refractivity contribution >= 4 is 46.0 Å². The van der Waals surface area contributed by atoms with E-state index < -0.39 is 23.0 Å². The number of rotatable bonds is 5. The van der Waals surface area contributed by atoms with Crippen molar-refractivity contribution in [2.24, 2.45) is 0 Å². The number of carbonyl (C=O) groups excluding carboxylic acids is 2. The first kappa shape index (κ1) is 25.4. The molecule has 6 nitrogen and oxygen atoms in total. The number of nitrogens with zero attached hydrogens (tertiary/aromatic N) is 4. The molecule has 194 valence electrons. The van der Waals surface area contributed by atoms with Crippen LogP contribution in [0.15, 0.2) is 59.6 Å². The standard InChI is InChI=1S/C27H27F3N4O2S/c1-26(2)24(35)34(19-9-11-20(12-10-19)37-27(28,29)30)25(36)33(26)17-18-13-14-31-23-21(18)7-6-8-22(23)32-15-4-3-5-16-32/h6-14H,3-5,15-17H2,1-2H3. The van der Waals surface area contributed by atoms with Crippen molar-refractivity contribution in [3.8, 4) is 0 Å². The van der Waals surface area contributed by atoms with E-state index in [0.717, 1.165) is 53.0 Å². The molecule has 0 saturated carbocycles. The Balaban J connectivity index is 1.44. The lowest BCUT2D eigenvalue weighted by Crippen LogP contribution is -2.43. The number of carbonyl (C=O) groups is 2. The monoisotopic (exact) mass is 528 g/mol. The van der Waals surface area contributed by atoms with E-state index in [4.69, 9.17) is 0 Å². The average Bonchev–Trinajstić information content (AvgIpc) is 3.03. The number of pyridine rings is 1. The van der Waals surface area contributed by atoms with Crippen LogP contribution in [0.1, 0.15) is 38.7 Å². The van der Waals surface area contributed by atoms with Crippen LogP contribution >= 0.6 is 11.8 Å². The molecule has 2 aromatic carbocycles. The van der Waals surface area contributed by atoms with Gasteiger partial charge >= 0.3 is 11.5 Å². The fraction of sp³-hybridized carbons (Fsp3) is 0.370. The minimum absolute atomic E-state index is 0.0146. The Morgan fingerprint density at radius 3 is 2.35 bits per heavy atom. The molecule has 0 N–H and O–H groups in total. The molecule has 2 aliphatic heterocycles. The third-order valence-corrected chi connectivity index (χ3v) is 7.76. The predicted molar refractivity (Wildman–Crippen MR) is 139 cm³/mol. The molecule has 2 fully saturated rings. The van der Waals surface area contributed by atoms with Crippen molar-refractivity contribution in [1.29, 1.82) is 0 Å². The third kappa shape index (κ3) is 4.86. The Morgan fingerprint density at radius 1 is 0.973 bits per heavy atom. The second-order valence-electron chi connectivity index (χ2n) is 9.80. The van der Waals surface area contributed by atoms with Gasteiger partial charge < -0.3 is 9.80 Å². The lowest BCUT2D eigenvalue weighted by Gasteiger charge is -2.30. The largest absolute Gasteiger partial charge is 0.446 e. The number of alkyl halides is 3. The van der Waals surface area contributed by atoms with E-state index in [9.17, 15) is 22.8 Å². The van der Waals surface area contributed by atoms with Gasteiger partial charge in [-0.2, -0.15) is 13.2 Å². The summed E-state index contributed by atoms with van der Waals surface area (Å²) in [6.07, 6.45) is 5.23. The Kier molecular flexibility index (Phi) is 6.55. The van der Waals surface area contributed by atoms with Gasteiger partial charge in [-0.3, -0.25) is 9.78 Å². The minimum atomic E-state index is -4.42. The normalized spacial score (nSPS) is 18.2. The Bertz CT molecular complexity index is 1340. The molecule has 5 rings (SSSR count). The fourth-order valence-electron chi connectivity index (χ4n) is 5.04. The fourth-order valence-corrected chi connectivity index (χ4v) is 5.58. The average molecular weight is 529 g/mol. The highest BCUT2D eigenvalue weighted by atomic mass is 32.2. The summed E-state index contributed by atoms with van der Waals surface area (Å²) < 4.78 is 38.1. The smallest absolute Gasteiger partial charge is 0.370 e. The van der Waals surface area contributed by atoms with Crippen LogP contribution in [0.4, 0.5) is 29.3 Å². The number of hydrogen-bond donors (Lipinski definition) is 0. The highest BCUT2D eigenvalue weighted by molar-refractivity contribution is 8.00. The van der Waals surface area contributed by atoms with E-state index >= 15 is 0 Å². The van der Waals surface area contributed by atoms with Crippen LogP contribution in [0.2, 0.25) is 0 Å². The summed E-state index contributed by atoms with van der Waals surface area (Å²) in [6, 6.07) is 12.7. The molecule has 0 bridgehead atoms. The van der Waals surface area contributed by atoms with E-state index in [-0.39, 0.29) is 28.9 Å². The van der Waals surface area contributed by atoms with Crippen LogP contribution in [0.25, 0.3) is 10.9 Å². The van der Waals surface area contributed by atoms with Crippen LogP contribution in [0, 0.1) is 0 Å². The predicted octanol–water partition coefficient (Wildman–Crippen LogP) is 6.58. The maximum absolute atomic E-state index is 13.5. The summed E-state index contributed by atoms with van der Waals surface area (Å²) in [4.78, 5) is 36.4. The minimum Gasteiger partial charge on any atom is -0.370 e. The van der Waals surface area contributed by atoms with Crippen molar-refractivity contribution in [3.05, 3.63) is 60.3 Å². The quantitative estimate of drug-likeness (QED) is 0.276. The summed E-state index contributed by atoms with van der Waals surface area (Å²) in [6.45, 7) is 5.52. The van der Waals surface area contributed by atoms with Crippen LogP contribution in [-0.4, -0.2) is 46.0 Å². The van der Waals surface area contributed by atoms with Gasteiger partial charge in [0.05, 0.1) is 16.9 Å². The number of fused-ring (bicyclic) bond motifs is 1. The van der Waals surface area contributed by atoms with Crippen molar-refractivity contribution < 1.29 is 22.8 Å². The van der Waals surface area contributed by atoms with E-state index in [1.54, 1.807) is 20.0 Å². The lowest BCUT2D eigenvalue weighted by atomic mass is 10.0. The molecule has 2 saturated heterocycles. The molecule has 0 unspecified atom stereocenters. The number of piperidine rings is 1. The number of thioether (sulfide) groups is 1. The van der Waals surface area contributed by atoms with Crippen LogP contribution < -0.4 is 9.80 Å². The van der Waals surface area contributed by atoms with Crippen LogP contribution in [-0.2, 0) is 11.3 Å². The van der Waals surface area contributed by atoms with Crippen molar-refractivity contribution in [2.45, 2.75) is 55.6 Å². The summed E-state index contributed by atoms with van der Waals surface area (Å²) in [5.41, 5.74) is -2.51. The zero-order valence-electron chi connectivity index (χ0n) is 20.6. The van der Waals surface area contributed by atoms with Gasteiger partial charge in [-0.15, -0.1) is 0 Å². The molecule has 1 aromatic heterocycles. The van der Waals surface area contributed by atoms with Gasteiger partial charge in [0.25, 0.3) is 5.91 Å². The number of hydrogen-bond acceptors (Lipinski definition) is 5. The number of benzene rings is 2. The second kappa shape index (κ2) is 9.55. The van der Waals surface area contributed by atoms with E-state index in [0.29, 0.717) is 0 Å². The molecular weight excluding hydrogens is 501 g/mol. The zero-order chi connectivity index (χ0) is 26.4. The van der Waals surface area contributed by atoms with Crippen molar-refractivity contribution in [3.63, 3.8) is 0 Å². The maximum Gasteiger partial charge on any atom is 0.446 e. The van der Waals surface area contributed by atoms with Crippen molar-refractivity contribution in [1.82, 2.24) is 9.88 Å². The molecule has 3 heterocycles. The van der Waals surface area contributed by atoms with E-state index in [1.807, 2.05) is 18.2 Å². The Hall–Kier alpha value is -3.27. The number of urea groups is 1. The van der Waals surface area contributed by atoms with Gasteiger partial charge in [0.1, 0.15) is 5.54 Å². The summed E-state index contributed by atoms with van der Waals surface area (Å²) >= 11 is -0.240. The molecule has 0 spiro atoms. The maximum atomic E-state index is 13.5. The van der Waals surface area contributed by atoms with E-state index in [2.05, 4.69) is 16.0 Å². The third-order valence-electron chi connectivity index (χ3n) is 7.02. The molecule has 0 radical (unpaired) electrons. The molecule has 0 aliphatic carbocycles. The first-order chi connectivity index (χ1) is 17.6. The zero-order valence-corrected chi connectivity index (χ0v) is 21.4. The van der Waals surface area contributed by atoms with Gasteiger partial charge in [0.2, 0.25) is 0 Å². The molecule has 2 aliphatic rings. The van der Waals surface area contributed by atoms with Gasteiger partial charge in [-0.25, -0.2) is 9.69 Å². The number of anilines is 2. The van der Waals surface area contributed by atoms with E-state index in [1.165, 1.54) is 35.6 Å². The second-order valence-corrected chi connectivity index (χ2v) is 10.9. The van der Waals surface area contributed by atoms with Gasteiger partial charge in [0, 0.05) is 36.1 Å². The summed E-state index contributed by atoms with van der Waals surface area (Å²) in [5.74, 6) is -0.430. The lowest BCUT2D eigenvalue weighted by molar-refractivity contribution is -0.123. The molecule has 10 heteroatoms. The number of aromatic nitrogens is 1. The molecule has 3 amide bonds. The van der Waals surface area contributed by atoms with Crippen molar-refractivity contribution in [2.75, 3.05) is 22.9 Å². The SMILES string of the molecule is CC1(C)C(=O)N(c2ccc(SC(F)(F)F)cc2)C(=O)N1Cc1ccnc2c(N3CCCCC3)cccc12. The van der Waals surface area contributed by atoms with Gasteiger partial charge in [-0.05, 0) is 86.8 Å². The molecule has 0 atom stereocenters. The molecular formula is C27H27F3N4O2S. The van der Waals surface area contributed by atoms with Crippen LogP contribution in [0.3, 0.4) is 0 Å². The van der Waals surface area contributed by atoms with Crippen LogP contribution in [0.5, 0.6) is 0 Å². The first-order valence-electron chi connectivity index (χ1n) is 12.2. The molecule has 37 heavy (non-hydrogen) atoms. The Morgan fingerprint density at radius 2 is 1.68 bits per heavy atom. The highest BCUT2D eigenvalue weighted by Gasteiger charge is 2.51. The highest BCUT2D eigenvalue weighted by Crippen LogP contribution is 2.39. The number of para-hydroxylation sites is 1. The van der Waals surface area contributed by atoms with Gasteiger partial charge in [0.15, 0.2) is 0 Å². The number of amides is 3. The topological polar surface area (TPSA) is 56.8 Å². The Labute approximate surface area is 217 Å². The number of halogens is 3. The van der Waals surface area contributed by atoms with Gasteiger partial charge in [-0.1, -0.05) is 12.1 Å². The summed E-state index contributed by atoms with van der Waals surface area (Å²) in [7, 11) is 0. The number of imide groups is 1. The molecule has 3 aromatic rings.